The molecule has 4 rings (SSSR count). The van der Waals surface area contributed by atoms with E-state index in [4.69, 9.17) is 0 Å². The number of pyridine rings is 1. The SMILES string of the molecule is CCCNCC1CCN(c2cc3c(cc2F)c(=O)c(C(=O)O)c2n3CCS2)C1. The second-order valence-corrected chi connectivity index (χ2v) is 8.52. The summed E-state index contributed by atoms with van der Waals surface area (Å²) in [5.74, 6) is -0.536. The summed E-state index contributed by atoms with van der Waals surface area (Å²) >= 11 is 1.37. The van der Waals surface area contributed by atoms with Crippen LogP contribution in [-0.2, 0) is 6.54 Å². The van der Waals surface area contributed by atoms with Crippen molar-refractivity contribution >= 4 is 34.3 Å². The van der Waals surface area contributed by atoms with Gasteiger partial charge in [0.25, 0.3) is 0 Å². The van der Waals surface area contributed by atoms with Crippen LogP contribution in [0.4, 0.5) is 10.1 Å². The first kappa shape index (κ1) is 19.3. The Morgan fingerprint density at radius 3 is 2.96 bits per heavy atom. The van der Waals surface area contributed by atoms with Gasteiger partial charge in [-0.15, -0.1) is 11.8 Å². The normalized spacial score (nSPS) is 18.8. The zero-order valence-corrected chi connectivity index (χ0v) is 16.6. The van der Waals surface area contributed by atoms with Gasteiger partial charge in [0.1, 0.15) is 11.4 Å². The average molecular weight is 405 g/mol. The Balaban J connectivity index is 1.73. The molecule has 0 radical (unpaired) electrons. The van der Waals surface area contributed by atoms with Crippen molar-refractivity contribution in [2.75, 3.05) is 36.8 Å². The first-order valence-corrected chi connectivity index (χ1v) is 10.7. The number of nitrogens with zero attached hydrogens (tertiary/aromatic N) is 2. The molecule has 150 valence electrons. The van der Waals surface area contributed by atoms with Gasteiger partial charge in [-0.1, -0.05) is 6.92 Å². The first-order chi connectivity index (χ1) is 13.5. The van der Waals surface area contributed by atoms with E-state index in [2.05, 4.69) is 12.2 Å². The number of rotatable bonds is 6. The number of aromatic nitrogens is 1. The van der Waals surface area contributed by atoms with Gasteiger partial charge in [-0.2, -0.15) is 0 Å². The molecule has 0 saturated carbocycles. The van der Waals surface area contributed by atoms with Crippen LogP contribution in [0.15, 0.2) is 22.0 Å². The minimum absolute atomic E-state index is 0.144. The molecule has 1 saturated heterocycles. The number of aryl methyl sites for hydroxylation is 1. The van der Waals surface area contributed by atoms with Crippen molar-refractivity contribution < 1.29 is 14.3 Å². The van der Waals surface area contributed by atoms with Crippen molar-refractivity contribution in [1.82, 2.24) is 9.88 Å². The fraction of sp³-hybridized carbons (Fsp3) is 0.500. The fourth-order valence-corrected chi connectivity index (χ4v) is 5.31. The third-order valence-corrected chi connectivity index (χ3v) is 6.63. The number of carboxylic acid groups (broad SMARTS) is 1. The highest BCUT2D eigenvalue weighted by atomic mass is 32.2. The van der Waals surface area contributed by atoms with Crippen LogP contribution in [0.1, 0.15) is 30.1 Å². The van der Waals surface area contributed by atoms with Crippen molar-refractivity contribution in [1.29, 1.82) is 0 Å². The van der Waals surface area contributed by atoms with Crippen molar-refractivity contribution in [3.8, 4) is 0 Å². The quantitative estimate of drug-likeness (QED) is 0.720. The minimum atomic E-state index is -1.25. The number of hydrogen-bond acceptors (Lipinski definition) is 5. The topological polar surface area (TPSA) is 74.6 Å². The van der Waals surface area contributed by atoms with Crippen LogP contribution in [0.5, 0.6) is 0 Å². The molecule has 3 heterocycles. The molecular weight excluding hydrogens is 381 g/mol. The molecule has 2 N–H and O–H groups in total. The van der Waals surface area contributed by atoms with Crippen molar-refractivity contribution in [2.24, 2.45) is 5.92 Å². The lowest BCUT2D eigenvalue weighted by Crippen LogP contribution is -2.27. The lowest BCUT2D eigenvalue weighted by molar-refractivity contribution is 0.0690. The molecule has 28 heavy (non-hydrogen) atoms. The largest absolute Gasteiger partial charge is 0.477 e. The van der Waals surface area contributed by atoms with Gasteiger partial charge in [-0.05, 0) is 44.0 Å². The monoisotopic (exact) mass is 405 g/mol. The van der Waals surface area contributed by atoms with Crippen molar-refractivity contribution in [3.63, 3.8) is 0 Å². The second kappa shape index (κ2) is 7.75. The number of fused-ring (bicyclic) bond motifs is 3. The maximum atomic E-state index is 14.9. The summed E-state index contributed by atoms with van der Waals surface area (Å²) < 4.78 is 16.8. The van der Waals surface area contributed by atoms with E-state index in [0.717, 1.165) is 39.0 Å². The van der Waals surface area contributed by atoms with Gasteiger partial charge in [0.15, 0.2) is 0 Å². The molecule has 1 fully saturated rings. The Morgan fingerprint density at radius 1 is 1.39 bits per heavy atom. The number of carbonyl (C=O) groups is 1. The van der Waals surface area contributed by atoms with Crippen LogP contribution in [0, 0.1) is 11.7 Å². The van der Waals surface area contributed by atoms with Crippen LogP contribution >= 0.6 is 11.8 Å². The van der Waals surface area contributed by atoms with Gasteiger partial charge in [0.05, 0.1) is 16.2 Å². The highest BCUT2D eigenvalue weighted by molar-refractivity contribution is 7.99. The summed E-state index contributed by atoms with van der Waals surface area (Å²) in [7, 11) is 0. The summed E-state index contributed by atoms with van der Waals surface area (Å²) in [4.78, 5) is 26.4. The fourth-order valence-electron chi connectivity index (χ4n) is 4.17. The lowest BCUT2D eigenvalue weighted by atomic mass is 10.1. The number of thioether (sulfide) groups is 1. The molecule has 0 bridgehead atoms. The molecule has 0 spiro atoms. The van der Waals surface area contributed by atoms with Crippen molar-refractivity contribution in [2.45, 2.75) is 31.3 Å². The third kappa shape index (κ3) is 3.28. The van der Waals surface area contributed by atoms with Crippen LogP contribution in [0.25, 0.3) is 10.9 Å². The second-order valence-electron chi connectivity index (χ2n) is 7.44. The molecule has 0 amide bonds. The van der Waals surface area contributed by atoms with Gasteiger partial charge in [-0.3, -0.25) is 4.79 Å². The highest BCUT2D eigenvalue weighted by Gasteiger charge is 2.29. The summed E-state index contributed by atoms with van der Waals surface area (Å²) in [6, 6.07) is 2.95. The Labute approximate surface area is 166 Å². The number of carboxylic acids is 1. The number of nitrogens with one attached hydrogen (secondary N) is 1. The van der Waals surface area contributed by atoms with E-state index in [1.165, 1.54) is 17.8 Å². The summed E-state index contributed by atoms with van der Waals surface area (Å²) in [6.07, 6.45) is 2.09. The minimum Gasteiger partial charge on any atom is -0.477 e. The molecule has 1 aromatic carbocycles. The Morgan fingerprint density at radius 2 is 2.21 bits per heavy atom. The molecule has 8 heteroatoms. The van der Waals surface area contributed by atoms with Crippen LogP contribution in [0.3, 0.4) is 0 Å². The van der Waals surface area contributed by atoms with Crippen LogP contribution < -0.4 is 15.6 Å². The Bertz CT molecular complexity index is 991. The predicted octanol–water partition coefficient (Wildman–Crippen LogP) is 2.77. The van der Waals surface area contributed by atoms with E-state index in [-0.39, 0.29) is 10.9 Å². The van der Waals surface area contributed by atoms with Gasteiger partial charge in [-0.25, -0.2) is 9.18 Å². The molecule has 1 atom stereocenters. The predicted molar refractivity (Wildman–Crippen MR) is 109 cm³/mol. The summed E-state index contributed by atoms with van der Waals surface area (Å²) in [6.45, 7) is 6.21. The average Bonchev–Trinajstić information content (AvgIpc) is 3.31. The molecule has 1 aromatic heterocycles. The van der Waals surface area contributed by atoms with E-state index in [0.29, 0.717) is 34.4 Å². The number of aromatic carboxylic acids is 1. The van der Waals surface area contributed by atoms with E-state index in [1.807, 2.05) is 9.47 Å². The Kier molecular flexibility index (Phi) is 5.33. The third-order valence-electron chi connectivity index (χ3n) is 5.54. The molecule has 6 nitrogen and oxygen atoms in total. The molecule has 2 aliphatic rings. The lowest BCUT2D eigenvalue weighted by Gasteiger charge is -2.21. The standard InChI is InChI=1S/C20H24FN3O3S/c1-2-4-22-10-12-3-5-23(11-12)16-9-15-13(8-14(16)21)18(25)17(20(26)27)19-24(15)6-7-28-19/h8-9,12,22H,2-7,10-11H2,1H3,(H,26,27). The zero-order chi connectivity index (χ0) is 19.8. The highest BCUT2D eigenvalue weighted by Crippen LogP contribution is 2.35. The van der Waals surface area contributed by atoms with E-state index >= 15 is 0 Å². The number of benzene rings is 1. The summed E-state index contributed by atoms with van der Waals surface area (Å²) in [5, 5.41) is 13.5. The van der Waals surface area contributed by atoms with Crippen LogP contribution in [-0.4, -0.2) is 47.6 Å². The van der Waals surface area contributed by atoms with Gasteiger partial charge >= 0.3 is 5.97 Å². The molecule has 2 aromatic rings. The van der Waals surface area contributed by atoms with E-state index < -0.39 is 17.2 Å². The smallest absolute Gasteiger partial charge is 0.342 e. The molecule has 1 unspecified atom stereocenters. The number of hydrogen-bond donors (Lipinski definition) is 2. The number of anilines is 1. The molecule has 2 aliphatic heterocycles. The molecule has 0 aliphatic carbocycles. The summed E-state index contributed by atoms with van der Waals surface area (Å²) in [5.41, 5.74) is 0.278. The van der Waals surface area contributed by atoms with Crippen molar-refractivity contribution in [3.05, 3.63) is 33.7 Å². The first-order valence-electron chi connectivity index (χ1n) is 9.73. The molecular formula is C20H24FN3O3S. The maximum Gasteiger partial charge on any atom is 0.342 e. The Hall–Kier alpha value is -2.06. The van der Waals surface area contributed by atoms with E-state index in [1.54, 1.807) is 6.07 Å². The van der Waals surface area contributed by atoms with Crippen LogP contribution in [0.2, 0.25) is 0 Å². The van der Waals surface area contributed by atoms with Gasteiger partial charge in [0, 0.05) is 30.8 Å². The zero-order valence-electron chi connectivity index (χ0n) is 15.8. The maximum absolute atomic E-state index is 14.9. The van der Waals surface area contributed by atoms with E-state index in [9.17, 15) is 19.1 Å². The van der Waals surface area contributed by atoms with Gasteiger partial charge in [0.2, 0.25) is 5.43 Å². The van der Waals surface area contributed by atoms with Gasteiger partial charge < -0.3 is 19.9 Å². The number of halogens is 1.